The molecule has 0 atom stereocenters. The predicted octanol–water partition coefficient (Wildman–Crippen LogP) is 2.82. The van der Waals surface area contributed by atoms with Crippen LogP contribution in [0.3, 0.4) is 0 Å². The van der Waals surface area contributed by atoms with E-state index in [0.717, 1.165) is 0 Å². The van der Waals surface area contributed by atoms with Gasteiger partial charge in [0.1, 0.15) is 11.6 Å². The lowest BCUT2D eigenvalue weighted by Gasteiger charge is -2.26. The van der Waals surface area contributed by atoms with Gasteiger partial charge in [-0.1, -0.05) is 0 Å². The Morgan fingerprint density at radius 3 is 2.62 bits per heavy atom. The molecule has 2 heterocycles. The number of H-pyrrole nitrogens is 1. The summed E-state index contributed by atoms with van der Waals surface area (Å²) in [6, 6.07) is 8.56. The van der Waals surface area contributed by atoms with E-state index < -0.39 is 15.8 Å². The smallest absolute Gasteiger partial charge is 0.243 e. The number of hydrogen-bond acceptors (Lipinski definition) is 5. The summed E-state index contributed by atoms with van der Waals surface area (Å²) in [6.07, 6.45) is 0.629. The van der Waals surface area contributed by atoms with Gasteiger partial charge in [-0.15, -0.1) is 0 Å². The van der Waals surface area contributed by atoms with Crippen molar-refractivity contribution in [3.05, 3.63) is 47.8 Å². The predicted molar refractivity (Wildman–Crippen MR) is 105 cm³/mol. The summed E-state index contributed by atoms with van der Waals surface area (Å²) in [7, 11) is -2.26. The molecular weight excluding hydrogens is 399 g/mol. The minimum Gasteiger partial charge on any atom is -0.496 e. The number of halogens is 1. The zero-order valence-corrected chi connectivity index (χ0v) is 16.5. The first kappa shape index (κ1) is 19.6. The van der Waals surface area contributed by atoms with Gasteiger partial charge in [0.25, 0.3) is 0 Å². The Morgan fingerprint density at radius 1 is 1.17 bits per heavy atom. The van der Waals surface area contributed by atoms with Gasteiger partial charge in [-0.25, -0.2) is 12.8 Å². The Hall–Kier alpha value is -2.75. The number of nitrogens with zero attached hydrogens (tertiary/aromatic N) is 1. The Labute approximate surface area is 167 Å². The maximum atomic E-state index is 13.8. The number of sulfonamides is 1. The first-order valence-electron chi connectivity index (χ1n) is 8.98. The first-order chi connectivity index (χ1) is 14.0. The number of rotatable bonds is 5. The molecule has 1 aliphatic heterocycles. The van der Waals surface area contributed by atoms with Crippen LogP contribution in [0.4, 0.5) is 4.39 Å². The number of morpholine rings is 1. The number of benzene rings is 2. The molecule has 1 aliphatic rings. The summed E-state index contributed by atoms with van der Waals surface area (Å²) in [6.45, 7) is 1.24. The number of ether oxygens (including phenoxy) is 2. The van der Waals surface area contributed by atoms with Crippen LogP contribution in [-0.4, -0.2) is 57.4 Å². The lowest BCUT2D eigenvalue weighted by atomic mass is 10.1. The maximum Gasteiger partial charge on any atom is 0.243 e. The van der Waals surface area contributed by atoms with E-state index in [1.165, 1.54) is 41.7 Å². The fraction of sp³-hybridized carbons (Fsp3) is 0.250. The lowest BCUT2D eigenvalue weighted by molar-refractivity contribution is 0.0730. The third kappa shape index (κ3) is 3.41. The van der Waals surface area contributed by atoms with Crippen molar-refractivity contribution >= 4 is 27.2 Å². The Morgan fingerprint density at radius 2 is 1.93 bits per heavy atom. The molecule has 4 rings (SSSR count). The van der Waals surface area contributed by atoms with Gasteiger partial charge >= 0.3 is 0 Å². The molecule has 2 aromatic carbocycles. The molecule has 1 aromatic heterocycles. The fourth-order valence-corrected chi connectivity index (χ4v) is 4.93. The molecule has 1 fully saturated rings. The fourth-order valence-electron chi connectivity index (χ4n) is 3.50. The number of aldehydes is 1. The number of aromatic nitrogens is 1. The van der Waals surface area contributed by atoms with E-state index in [2.05, 4.69) is 4.98 Å². The summed E-state index contributed by atoms with van der Waals surface area (Å²) in [5.41, 5.74) is 1.55. The molecule has 9 heteroatoms. The van der Waals surface area contributed by atoms with Crippen molar-refractivity contribution in [2.24, 2.45) is 0 Å². The van der Waals surface area contributed by atoms with Gasteiger partial charge in [0, 0.05) is 35.1 Å². The van der Waals surface area contributed by atoms with Gasteiger partial charge in [-0.2, -0.15) is 4.31 Å². The maximum absolute atomic E-state index is 13.8. The van der Waals surface area contributed by atoms with Crippen molar-refractivity contribution in [2.75, 3.05) is 33.4 Å². The Kier molecular flexibility index (Phi) is 5.12. The van der Waals surface area contributed by atoms with E-state index in [4.69, 9.17) is 9.47 Å². The summed E-state index contributed by atoms with van der Waals surface area (Å²) >= 11 is 0. The zero-order valence-electron chi connectivity index (χ0n) is 15.6. The SMILES string of the molecule is COc1ccc(F)cc1-c1[nH]c2ccc(S(=O)(=O)N3CCOCC3)cc2c1C=O. The van der Waals surface area contributed by atoms with Gasteiger partial charge in [-0.05, 0) is 36.4 Å². The normalized spacial score (nSPS) is 15.5. The molecule has 152 valence electrons. The van der Waals surface area contributed by atoms with Crippen molar-refractivity contribution in [2.45, 2.75) is 4.90 Å². The minimum absolute atomic E-state index is 0.0896. The summed E-state index contributed by atoms with van der Waals surface area (Å²) < 4.78 is 51.6. The van der Waals surface area contributed by atoms with Gasteiger partial charge in [-0.3, -0.25) is 4.79 Å². The molecule has 1 N–H and O–H groups in total. The van der Waals surface area contributed by atoms with Crippen molar-refractivity contribution < 1.29 is 27.1 Å². The molecule has 29 heavy (non-hydrogen) atoms. The lowest BCUT2D eigenvalue weighted by Crippen LogP contribution is -2.40. The Bertz CT molecular complexity index is 1180. The molecular formula is C20H19FN2O5S. The highest BCUT2D eigenvalue weighted by Crippen LogP contribution is 2.36. The van der Waals surface area contributed by atoms with Crippen LogP contribution >= 0.6 is 0 Å². The van der Waals surface area contributed by atoms with Crippen LogP contribution < -0.4 is 4.74 Å². The number of methoxy groups -OCH3 is 1. The number of nitrogens with one attached hydrogen (secondary N) is 1. The largest absolute Gasteiger partial charge is 0.496 e. The zero-order chi connectivity index (χ0) is 20.6. The number of fused-ring (bicyclic) bond motifs is 1. The second kappa shape index (κ2) is 7.58. The molecule has 0 radical (unpaired) electrons. The summed E-state index contributed by atoms with van der Waals surface area (Å²) in [5.74, 6) is -0.0888. The van der Waals surface area contributed by atoms with Crippen LogP contribution in [0, 0.1) is 5.82 Å². The standard InChI is InChI=1S/C20H19FN2O5S/c1-27-19-5-2-13(21)10-16(19)20-17(12-24)15-11-14(3-4-18(15)22-20)29(25,26)23-6-8-28-9-7-23/h2-5,10-12,22H,6-9H2,1H3. The van der Waals surface area contributed by atoms with Gasteiger partial charge in [0.15, 0.2) is 6.29 Å². The van der Waals surface area contributed by atoms with Crippen molar-refractivity contribution in [1.29, 1.82) is 0 Å². The monoisotopic (exact) mass is 418 g/mol. The molecule has 0 aliphatic carbocycles. The quantitative estimate of drug-likeness (QED) is 0.644. The van der Waals surface area contributed by atoms with Crippen molar-refractivity contribution in [3.63, 3.8) is 0 Å². The molecule has 0 saturated carbocycles. The number of aromatic amines is 1. The molecule has 7 nitrogen and oxygen atoms in total. The van der Waals surface area contributed by atoms with E-state index in [9.17, 15) is 17.6 Å². The van der Waals surface area contributed by atoms with E-state index in [0.29, 0.717) is 47.4 Å². The third-order valence-electron chi connectivity index (χ3n) is 4.97. The topological polar surface area (TPSA) is 88.7 Å². The van der Waals surface area contributed by atoms with Crippen LogP contribution in [0.1, 0.15) is 10.4 Å². The van der Waals surface area contributed by atoms with Crippen molar-refractivity contribution in [1.82, 2.24) is 9.29 Å². The van der Waals surface area contributed by atoms with E-state index in [1.54, 1.807) is 6.07 Å². The van der Waals surface area contributed by atoms with E-state index in [1.807, 2.05) is 0 Å². The number of carbonyl (C=O) groups excluding carboxylic acids is 1. The summed E-state index contributed by atoms with van der Waals surface area (Å²) in [4.78, 5) is 15.1. The molecule has 1 saturated heterocycles. The average Bonchev–Trinajstić information content (AvgIpc) is 3.12. The number of carbonyl (C=O) groups is 1. The molecule has 0 unspecified atom stereocenters. The molecule has 0 amide bonds. The van der Waals surface area contributed by atoms with Crippen LogP contribution in [0.2, 0.25) is 0 Å². The van der Waals surface area contributed by atoms with Crippen molar-refractivity contribution in [3.8, 4) is 17.0 Å². The van der Waals surface area contributed by atoms with Gasteiger partial charge in [0.05, 0.1) is 30.9 Å². The molecule has 0 spiro atoms. The first-order valence-corrected chi connectivity index (χ1v) is 10.4. The summed E-state index contributed by atoms with van der Waals surface area (Å²) in [5, 5.41) is 0.440. The molecule has 0 bridgehead atoms. The second-order valence-electron chi connectivity index (χ2n) is 6.60. The highest BCUT2D eigenvalue weighted by Gasteiger charge is 2.27. The average molecular weight is 418 g/mol. The number of hydrogen-bond donors (Lipinski definition) is 1. The van der Waals surface area contributed by atoms with Crippen LogP contribution in [-0.2, 0) is 14.8 Å². The minimum atomic E-state index is -3.71. The van der Waals surface area contributed by atoms with Crippen LogP contribution in [0.15, 0.2) is 41.3 Å². The second-order valence-corrected chi connectivity index (χ2v) is 8.54. The highest BCUT2D eigenvalue weighted by atomic mass is 32.2. The van der Waals surface area contributed by atoms with Crippen LogP contribution in [0.5, 0.6) is 5.75 Å². The highest BCUT2D eigenvalue weighted by molar-refractivity contribution is 7.89. The van der Waals surface area contributed by atoms with Crippen LogP contribution in [0.25, 0.3) is 22.2 Å². The van der Waals surface area contributed by atoms with Gasteiger partial charge in [0.2, 0.25) is 10.0 Å². The van der Waals surface area contributed by atoms with E-state index >= 15 is 0 Å². The molecule has 3 aromatic rings. The Balaban J connectivity index is 1.87. The third-order valence-corrected chi connectivity index (χ3v) is 6.86. The van der Waals surface area contributed by atoms with E-state index in [-0.39, 0.29) is 23.5 Å². The van der Waals surface area contributed by atoms with Gasteiger partial charge < -0.3 is 14.5 Å².